The van der Waals surface area contributed by atoms with Crippen LogP contribution in [0.2, 0.25) is 0 Å². The van der Waals surface area contributed by atoms with Gasteiger partial charge < -0.3 is 10.4 Å². The number of aromatic carboxylic acids is 1. The maximum atomic E-state index is 11.3. The first-order valence-corrected chi connectivity index (χ1v) is 4.48. The summed E-state index contributed by atoms with van der Waals surface area (Å²) in [7, 11) is 1.52. The van der Waals surface area contributed by atoms with Crippen LogP contribution >= 0.6 is 0 Å². The molecule has 82 valence electrons. The second-order valence-corrected chi connectivity index (χ2v) is 3.20. The average molecular weight is 211 g/mol. The van der Waals surface area contributed by atoms with E-state index in [1.54, 1.807) is 13.8 Å². The van der Waals surface area contributed by atoms with Crippen LogP contribution in [0.3, 0.4) is 0 Å². The molecule has 0 saturated carbocycles. The van der Waals surface area contributed by atoms with Gasteiger partial charge in [-0.3, -0.25) is 9.48 Å². The van der Waals surface area contributed by atoms with E-state index in [-0.39, 0.29) is 11.5 Å². The van der Waals surface area contributed by atoms with Crippen molar-refractivity contribution in [2.24, 2.45) is 0 Å². The van der Waals surface area contributed by atoms with Gasteiger partial charge in [-0.05, 0) is 13.8 Å². The molecular formula is C9H13N3O3. The molecule has 1 atom stereocenters. The number of aromatic nitrogens is 2. The second-order valence-electron chi connectivity index (χ2n) is 3.20. The van der Waals surface area contributed by atoms with Crippen molar-refractivity contribution in [2.75, 3.05) is 7.05 Å². The molecule has 1 heterocycles. The van der Waals surface area contributed by atoms with Gasteiger partial charge in [0.05, 0.1) is 5.69 Å². The number of rotatable bonds is 3. The average Bonchev–Trinajstić information content (AvgIpc) is 2.58. The molecule has 1 amide bonds. The SMILES string of the molecule is CNC(=O)C(C)n1cc(C(=O)O)c(C)n1. The number of nitrogens with zero attached hydrogens (tertiary/aromatic N) is 2. The maximum Gasteiger partial charge on any atom is 0.339 e. The molecule has 1 unspecified atom stereocenters. The summed E-state index contributed by atoms with van der Waals surface area (Å²) in [4.78, 5) is 22.0. The summed E-state index contributed by atoms with van der Waals surface area (Å²) in [5, 5.41) is 15.3. The van der Waals surface area contributed by atoms with Gasteiger partial charge in [-0.2, -0.15) is 5.10 Å². The third kappa shape index (κ3) is 2.15. The Morgan fingerprint density at radius 3 is 2.60 bits per heavy atom. The molecule has 0 aliphatic carbocycles. The highest BCUT2D eigenvalue weighted by Crippen LogP contribution is 2.10. The van der Waals surface area contributed by atoms with Gasteiger partial charge >= 0.3 is 5.97 Å². The van der Waals surface area contributed by atoms with Gasteiger partial charge in [-0.1, -0.05) is 0 Å². The van der Waals surface area contributed by atoms with Gasteiger partial charge in [0, 0.05) is 13.2 Å². The number of likely N-dealkylation sites (N-methyl/N-ethyl adjacent to an activating group) is 1. The van der Waals surface area contributed by atoms with Crippen LogP contribution in [-0.2, 0) is 4.79 Å². The molecule has 1 aromatic rings. The molecule has 0 fully saturated rings. The maximum absolute atomic E-state index is 11.3. The zero-order valence-corrected chi connectivity index (χ0v) is 8.81. The number of carboxylic acids is 1. The van der Waals surface area contributed by atoms with Crippen molar-refractivity contribution in [3.63, 3.8) is 0 Å². The minimum absolute atomic E-state index is 0.116. The van der Waals surface area contributed by atoms with Crippen LogP contribution < -0.4 is 5.32 Å². The number of carboxylic acid groups (broad SMARTS) is 1. The standard InChI is InChI=1S/C9H13N3O3/c1-5-7(9(14)15)4-12(11-5)6(2)8(13)10-3/h4,6H,1-3H3,(H,10,13)(H,14,15). The Hall–Kier alpha value is -1.85. The molecule has 0 saturated heterocycles. The molecule has 1 aromatic heterocycles. The Morgan fingerprint density at radius 2 is 2.20 bits per heavy atom. The van der Waals surface area contributed by atoms with E-state index >= 15 is 0 Å². The summed E-state index contributed by atoms with van der Waals surface area (Å²) < 4.78 is 1.34. The third-order valence-corrected chi connectivity index (χ3v) is 2.17. The molecule has 2 N–H and O–H groups in total. The van der Waals surface area contributed by atoms with Gasteiger partial charge in [0.2, 0.25) is 5.91 Å². The summed E-state index contributed by atoms with van der Waals surface area (Å²) in [6.07, 6.45) is 1.36. The predicted molar refractivity (Wildman–Crippen MR) is 52.7 cm³/mol. The Labute approximate surface area is 86.9 Å². The summed E-state index contributed by atoms with van der Waals surface area (Å²) in [5.74, 6) is -1.25. The molecule has 0 spiro atoms. The van der Waals surface area contributed by atoms with Crippen molar-refractivity contribution in [1.29, 1.82) is 0 Å². The Kier molecular flexibility index (Phi) is 3.08. The van der Waals surface area contributed by atoms with E-state index in [9.17, 15) is 9.59 Å². The minimum Gasteiger partial charge on any atom is -0.478 e. The normalized spacial score (nSPS) is 12.2. The minimum atomic E-state index is -1.04. The lowest BCUT2D eigenvalue weighted by molar-refractivity contribution is -0.123. The summed E-state index contributed by atoms with van der Waals surface area (Å²) in [6.45, 7) is 3.24. The molecule has 0 radical (unpaired) electrons. The largest absolute Gasteiger partial charge is 0.478 e. The molecule has 0 bridgehead atoms. The summed E-state index contributed by atoms with van der Waals surface area (Å²) >= 11 is 0. The number of carbonyl (C=O) groups excluding carboxylic acids is 1. The van der Waals surface area contributed by atoms with Crippen LogP contribution in [0.15, 0.2) is 6.20 Å². The molecule has 0 aliphatic rings. The molecule has 1 rings (SSSR count). The first kappa shape index (κ1) is 11.2. The number of nitrogens with one attached hydrogen (secondary N) is 1. The number of amides is 1. The highest BCUT2D eigenvalue weighted by atomic mass is 16.4. The van der Waals surface area contributed by atoms with Crippen LogP contribution in [0, 0.1) is 6.92 Å². The van der Waals surface area contributed by atoms with E-state index in [0.717, 1.165) is 0 Å². The number of carbonyl (C=O) groups is 2. The first-order valence-electron chi connectivity index (χ1n) is 4.48. The molecule has 0 aromatic carbocycles. The van der Waals surface area contributed by atoms with Crippen molar-refractivity contribution in [3.8, 4) is 0 Å². The summed E-state index contributed by atoms with van der Waals surface area (Å²) in [6, 6.07) is -0.512. The molecule has 0 aliphatic heterocycles. The Balaban J connectivity index is 3.02. The fourth-order valence-electron chi connectivity index (χ4n) is 1.22. The van der Waals surface area contributed by atoms with Gasteiger partial charge in [0.25, 0.3) is 0 Å². The molecule has 15 heavy (non-hydrogen) atoms. The number of hydrogen-bond donors (Lipinski definition) is 2. The van der Waals surface area contributed by atoms with Crippen LogP contribution in [0.25, 0.3) is 0 Å². The van der Waals surface area contributed by atoms with Crippen molar-refractivity contribution < 1.29 is 14.7 Å². The van der Waals surface area contributed by atoms with Crippen molar-refractivity contribution in [1.82, 2.24) is 15.1 Å². The molecule has 6 heteroatoms. The van der Waals surface area contributed by atoms with Gasteiger partial charge in [0.15, 0.2) is 0 Å². The summed E-state index contributed by atoms with van der Waals surface area (Å²) in [5.41, 5.74) is 0.518. The third-order valence-electron chi connectivity index (χ3n) is 2.17. The zero-order chi connectivity index (χ0) is 11.6. The monoisotopic (exact) mass is 211 g/mol. The lowest BCUT2D eigenvalue weighted by Crippen LogP contribution is -2.28. The fraction of sp³-hybridized carbons (Fsp3) is 0.444. The quantitative estimate of drug-likeness (QED) is 0.747. The van der Waals surface area contributed by atoms with E-state index in [1.807, 2.05) is 0 Å². The lowest BCUT2D eigenvalue weighted by atomic mass is 10.3. The highest BCUT2D eigenvalue weighted by molar-refractivity contribution is 5.88. The highest BCUT2D eigenvalue weighted by Gasteiger charge is 2.18. The zero-order valence-electron chi connectivity index (χ0n) is 8.81. The van der Waals surface area contributed by atoms with Crippen LogP contribution in [0.1, 0.15) is 29.0 Å². The van der Waals surface area contributed by atoms with Crippen LogP contribution in [0.4, 0.5) is 0 Å². The smallest absolute Gasteiger partial charge is 0.339 e. The number of aryl methyl sites for hydroxylation is 1. The first-order chi connectivity index (χ1) is 6.97. The van der Waals surface area contributed by atoms with E-state index in [1.165, 1.54) is 17.9 Å². The van der Waals surface area contributed by atoms with Crippen molar-refractivity contribution in [2.45, 2.75) is 19.9 Å². The fourth-order valence-corrected chi connectivity index (χ4v) is 1.22. The Morgan fingerprint density at radius 1 is 1.60 bits per heavy atom. The topological polar surface area (TPSA) is 84.2 Å². The molecular weight excluding hydrogens is 198 g/mol. The molecule has 6 nitrogen and oxygen atoms in total. The van der Waals surface area contributed by atoms with Gasteiger partial charge in [-0.15, -0.1) is 0 Å². The van der Waals surface area contributed by atoms with Crippen LogP contribution in [0.5, 0.6) is 0 Å². The van der Waals surface area contributed by atoms with Crippen molar-refractivity contribution >= 4 is 11.9 Å². The van der Waals surface area contributed by atoms with Crippen LogP contribution in [-0.4, -0.2) is 33.8 Å². The predicted octanol–water partition coefficient (Wildman–Crippen LogP) is 0.197. The van der Waals surface area contributed by atoms with Gasteiger partial charge in [-0.25, -0.2) is 4.79 Å². The lowest BCUT2D eigenvalue weighted by Gasteiger charge is -2.09. The second kappa shape index (κ2) is 4.12. The van der Waals surface area contributed by atoms with Crippen molar-refractivity contribution in [3.05, 3.63) is 17.5 Å². The van der Waals surface area contributed by atoms with Gasteiger partial charge in [0.1, 0.15) is 11.6 Å². The van der Waals surface area contributed by atoms with E-state index in [0.29, 0.717) is 5.69 Å². The van der Waals surface area contributed by atoms with E-state index in [4.69, 9.17) is 5.11 Å². The Bertz CT molecular complexity index is 397. The van der Waals surface area contributed by atoms with E-state index in [2.05, 4.69) is 10.4 Å². The number of hydrogen-bond acceptors (Lipinski definition) is 3. The van der Waals surface area contributed by atoms with E-state index < -0.39 is 12.0 Å².